The van der Waals surface area contributed by atoms with Gasteiger partial charge in [0.25, 0.3) is 0 Å². The Morgan fingerprint density at radius 3 is 2.58 bits per heavy atom. The Morgan fingerprint density at radius 1 is 1.33 bits per heavy atom. The van der Waals surface area contributed by atoms with Crippen molar-refractivity contribution >= 4 is 23.1 Å². The number of aryl methyl sites for hydroxylation is 1. The van der Waals surface area contributed by atoms with Crippen LogP contribution in [0, 0.1) is 22.9 Å². The highest BCUT2D eigenvalue weighted by Gasteiger charge is 2.22. The molecule has 0 saturated carbocycles. The van der Waals surface area contributed by atoms with Gasteiger partial charge in [0.2, 0.25) is 11.8 Å². The molecular weight excluding hydrogens is 317 g/mol. The molecule has 1 atom stereocenters. The van der Waals surface area contributed by atoms with E-state index in [1.165, 1.54) is 31.2 Å². The van der Waals surface area contributed by atoms with Crippen LogP contribution in [0.3, 0.4) is 0 Å². The third-order valence-electron chi connectivity index (χ3n) is 3.14. The normalized spacial score (nSPS) is 11.8. The van der Waals surface area contributed by atoms with Crippen molar-refractivity contribution in [1.82, 2.24) is 9.97 Å². The van der Waals surface area contributed by atoms with E-state index in [0.29, 0.717) is 12.3 Å². The van der Waals surface area contributed by atoms with Gasteiger partial charge in [-0.05, 0) is 38.1 Å². The largest absolute Gasteiger partial charge is 0.383 e. The lowest BCUT2D eigenvalue weighted by molar-refractivity contribution is -0.385. The lowest BCUT2D eigenvalue weighted by Gasteiger charge is -2.14. The van der Waals surface area contributed by atoms with Crippen molar-refractivity contribution in [3.05, 3.63) is 45.9 Å². The van der Waals surface area contributed by atoms with E-state index in [9.17, 15) is 14.5 Å². The van der Waals surface area contributed by atoms with E-state index < -0.39 is 10.7 Å². The number of ether oxygens (including phenoxy) is 1. The summed E-state index contributed by atoms with van der Waals surface area (Å²) >= 11 is 0. The SMILES string of the molecule is COC[C@@H](C)Nc1nc(C)c([N+](=O)[O-])c(Nc2ccc(F)cc2)n1. The molecule has 0 aliphatic rings. The van der Waals surface area contributed by atoms with E-state index in [0.717, 1.165) is 0 Å². The van der Waals surface area contributed by atoms with Crippen LogP contribution in [-0.2, 0) is 4.74 Å². The fourth-order valence-corrected chi connectivity index (χ4v) is 2.12. The molecule has 2 N–H and O–H groups in total. The molecule has 0 spiro atoms. The first-order valence-electron chi connectivity index (χ1n) is 7.21. The Hall–Kier alpha value is -2.81. The van der Waals surface area contributed by atoms with E-state index in [-0.39, 0.29) is 29.2 Å². The molecule has 0 aliphatic carbocycles. The van der Waals surface area contributed by atoms with Gasteiger partial charge in [0.15, 0.2) is 0 Å². The van der Waals surface area contributed by atoms with Gasteiger partial charge in [0.1, 0.15) is 11.5 Å². The van der Waals surface area contributed by atoms with Crippen LogP contribution in [0.4, 0.5) is 27.5 Å². The molecule has 0 bridgehead atoms. The molecule has 8 nitrogen and oxygen atoms in total. The summed E-state index contributed by atoms with van der Waals surface area (Å²) in [5.41, 5.74) is 0.462. The Bertz CT molecular complexity index is 724. The number of benzene rings is 1. The van der Waals surface area contributed by atoms with E-state index >= 15 is 0 Å². The molecule has 0 aliphatic heterocycles. The fourth-order valence-electron chi connectivity index (χ4n) is 2.12. The highest BCUT2D eigenvalue weighted by Crippen LogP contribution is 2.29. The zero-order valence-corrected chi connectivity index (χ0v) is 13.5. The van der Waals surface area contributed by atoms with Gasteiger partial charge in [0, 0.05) is 18.8 Å². The van der Waals surface area contributed by atoms with Crippen LogP contribution in [0.2, 0.25) is 0 Å². The Morgan fingerprint density at radius 2 is 2.00 bits per heavy atom. The van der Waals surface area contributed by atoms with Crippen molar-refractivity contribution in [1.29, 1.82) is 0 Å². The Balaban J connectivity index is 2.36. The quantitative estimate of drug-likeness (QED) is 0.592. The zero-order valence-electron chi connectivity index (χ0n) is 13.5. The van der Waals surface area contributed by atoms with Gasteiger partial charge in [-0.2, -0.15) is 4.98 Å². The summed E-state index contributed by atoms with van der Waals surface area (Å²) in [6.45, 7) is 3.83. The highest BCUT2D eigenvalue weighted by molar-refractivity contribution is 5.68. The van der Waals surface area contributed by atoms with Gasteiger partial charge in [-0.25, -0.2) is 9.37 Å². The number of halogens is 1. The van der Waals surface area contributed by atoms with E-state index in [1.807, 2.05) is 6.92 Å². The van der Waals surface area contributed by atoms with Gasteiger partial charge in [-0.3, -0.25) is 10.1 Å². The van der Waals surface area contributed by atoms with Gasteiger partial charge in [-0.15, -0.1) is 0 Å². The molecule has 9 heteroatoms. The second-order valence-corrected chi connectivity index (χ2v) is 5.22. The predicted molar refractivity (Wildman–Crippen MR) is 88.1 cm³/mol. The minimum absolute atomic E-state index is 0.0335. The van der Waals surface area contributed by atoms with Crippen molar-refractivity contribution in [2.45, 2.75) is 19.9 Å². The van der Waals surface area contributed by atoms with Gasteiger partial charge >= 0.3 is 5.69 Å². The molecule has 1 aromatic carbocycles. The van der Waals surface area contributed by atoms with Crippen LogP contribution >= 0.6 is 0 Å². The van der Waals surface area contributed by atoms with Crippen LogP contribution in [0.1, 0.15) is 12.6 Å². The summed E-state index contributed by atoms with van der Waals surface area (Å²) < 4.78 is 18.0. The first kappa shape index (κ1) is 17.5. The smallest absolute Gasteiger partial charge is 0.332 e. The lowest BCUT2D eigenvalue weighted by atomic mass is 10.3. The summed E-state index contributed by atoms with van der Waals surface area (Å²) in [7, 11) is 1.57. The number of nitro groups is 1. The molecule has 24 heavy (non-hydrogen) atoms. The topological polar surface area (TPSA) is 102 Å². The second-order valence-electron chi connectivity index (χ2n) is 5.22. The van der Waals surface area contributed by atoms with E-state index in [4.69, 9.17) is 4.74 Å². The predicted octanol–water partition coefficient (Wildman–Crippen LogP) is 3.02. The second kappa shape index (κ2) is 7.64. The van der Waals surface area contributed by atoms with Crippen molar-refractivity contribution in [2.24, 2.45) is 0 Å². The summed E-state index contributed by atoms with van der Waals surface area (Å²) in [5.74, 6) is -0.122. The molecule has 2 rings (SSSR count). The fraction of sp³-hybridized carbons (Fsp3) is 0.333. The molecule has 1 aromatic heterocycles. The van der Waals surface area contributed by atoms with Crippen LogP contribution in [0.15, 0.2) is 24.3 Å². The Kier molecular flexibility index (Phi) is 5.59. The number of anilines is 3. The average molecular weight is 335 g/mol. The molecule has 2 aromatic rings. The van der Waals surface area contributed by atoms with Crippen LogP contribution in [0.5, 0.6) is 0 Å². The maximum absolute atomic E-state index is 13.0. The monoisotopic (exact) mass is 335 g/mol. The molecule has 1 heterocycles. The van der Waals surface area contributed by atoms with Crippen LogP contribution < -0.4 is 10.6 Å². The summed E-state index contributed by atoms with van der Waals surface area (Å²) in [6, 6.07) is 5.37. The molecule has 0 radical (unpaired) electrons. The molecular formula is C15H18FN5O3. The average Bonchev–Trinajstić information content (AvgIpc) is 2.49. The van der Waals surface area contributed by atoms with Crippen LogP contribution in [0.25, 0.3) is 0 Å². The standard InChI is InChI=1S/C15H18FN5O3/c1-9(8-24-3)17-15-18-10(2)13(21(22)23)14(20-15)19-12-6-4-11(16)5-7-12/h4-7,9H,8H2,1-3H3,(H2,17,18,19,20)/t9-/m1/s1. The summed E-state index contributed by atoms with van der Waals surface area (Å²) in [5, 5.41) is 17.2. The molecule has 0 saturated heterocycles. The van der Waals surface area contributed by atoms with Crippen LogP contribution in [-0.4, -0.2) is 34.6 Å². The molecule has 0 fully saturated rings. The number of hydrogen-bond acceptors (Lipinski definition) is 7. The molecule has 0 unspecified atom stereocenters. The number of aromatic nitrogens is 2. The number of methoxy groups -OCH3 is 1. The minimum Gasteiger partial charge on any atom is -0.383 e. The minimum atomic E-state index is -0.552. The molecule has 0 amide bonds. The van der Waals surface area contributed by atoms with Crippen molar-refractivity contribution in [3.63, 3.8) is 0 Å². The van der Waals surface area contributed by atoms with Gasteiger partial charge in [-0.1, -0.05) is 0 Å². The number of nitrogens with zero attached hydrogens (tertiary/aromatic N) is 3. The Labute approximate surface area is 138 Å². The van der Waals surface area contributed by atoms with Gasteiger partial charge in [0.05, 0.1) is 11.5 Å². The van der Waals surface area contributed by atoms with Crippen molar-refractivity contribution in [2.75, 3.05) is 24.4 Å². The first-order valence-corrected chi connectivity index (χ1v) is 7.21. The maximum atomic E-state index is 13.0. The number of nitrogens with one attached hydrogen (secondary N) is 2. The summed E-state index contributed by atoms with van der Waals surface area (Å²) in [4.78, 5) is 19.0. The van der Waals surface area contributed by atoms with E-state index in [1.54, 1.807) is 7.11 Å². The maximum Gasteiger partial charge on any atom is 0.332 e. The molecule has 128 valence electrons. The van der Waals surface area contributed by atoms with Gasteiger partial charge < -0.3 is 15.4 Å². The first-order chi connectivity index (χ1) is 11.4. The number of rotatable bonds is 7. The third kappa shape index (κ3) is 4.35. The zero-order chi connectivity index (χ0) is 17.7. The lowest BCUT2D eigenvalue weighted by Crippen LogP contribution is -2.22. The van der Waals surface area contributed by atoms with Crippen molar-refractivity contribution < 1.29 is 14.1 Å². The highest BCUT2D eigenvalue weighted by atomic mass is 19.1. The van der Waals surface area contributed by atoms with Crippen molar-refractivity contribution in [3.8, 4) is 0 Å². The third-order valence-corrected chi connectivity index (χ3v) is 3.14. The number of hydrogen-bond donors (Lipinski definition) is 2. The summed E-state index contributed by atoms with van der Waals surface area (Å²) in [6.07, 6.45) is 0. The van der Waals surface area contributed by atoms with E-state index in [2.05, 4.69) is 20.6 Å².